The number of nitro benzene ring substituents is 1. The number of carbonyl (C=O) groups is 1. The molecule has 1 atom stereocenters. The molecule has 2 aromatic rings. The zero-order valence-corrected chi connectivity index (χ0v) is 17.2. The SMILES string of the molecule is COc1ccc(CCNC(=O)CN(C)C(C)c2cccc([N+](=O)[O-])c2)cc1OC. The summed E-state index contributed by atoms with van der Waals surface area (Å²) in [6.07, 6.45) is 0.663. The largest absolute Gasteiger partial charge is 0.493 e. The van der Waals surface area contributed by atoms with Crippen molar-refractivity contribution in [2.75, 3.05) is 34.4 Å². The molecule has 0 spiro atoms. The normalized spacial score (nSPS) is 11.8. The van der Waals surface area contributed by atoms with Crippen LogP contribution in [-0.4, -0.2) is 50.1 Å². The number of carbonyl (C=O) groups excluding carboxylic acids is 1. The summed E-state index contributed by atoms with van der Waals surface area (Å²) < 4.78 is 10.5. The molecule has 1 unspecified atom stereocenters. The van der Waals surface area contributed by atoms with Gasteiger partial charge in [-0.3, -0.25) is 19.8 Å². The van der Waals surface area contributed by atoms with Crippen molar-refractivity contribution in [3.05, 3.63) is 63.7 Å². The van der Waals surface area contributed by atoms with Crippen LogP contribution in [0.5, 0.6) is 11.5 Å². The lowest BCUT2D eigenvalue weighted by atomic mass is 10.1. The third-order valence-corrected chi connectivity index (χ3v) is 4.80. The minimum atomic E-state index is -0.420. The Hall–Kier alpha value is -3.13. The molecule has 0 bridgehead atoms. The maximum absolute atomic E-state index is 12.3. The minimum Gasteiger partial charge on any atom is -0.493 e. The molecule has 2 rings (SSSR count). The van der Waals surface area contributed by atoms with Gasteiger partial charge in [0.05, 0.1) is 25.7 Å². The van der Waals surface area contributed by atoms with Crippen LogP contribution in [0.25, 0.3) is 0 Å². The van der Waals surface area contributed by atoms with Crippen LogP contribution in [0.2, 0.25) is 0 Å². The molecular weight excluding hydrogens is 374 g/mol. The van der Waals surface area contributed by atoms with Crippen LogP contribution < -0.4 is 14.8 Å². The number of benzene rings is 2. The number of hydrogen-bond donors (Lipinski definition) is 1. The van der Waals surface area contributed by atoms with E-state index in [1.54, 1.807) is 20.3 Å². The van der Waals surface area contributed by atoms with E-state index in [9.17, 15) is 14.9 Å². The third-order valence-electron chi connectivity index (χ3n) is 4.80. The van der Waals surface area contributed by atoms with Gasteiger partial charge in [0.15, 0.2) is 11.5 Å². The van der Waals surface area contributed by atoms with E-state index in [0.717, 1.165) is 11.1 Å². The van der Waals surface area contributed by atoms with Crippen molar-refractivity contribution in [2.45, 2.75) is 19.4 Å². The number of nitro groups is 1. The number of non-ortho nitro benzene ring substituents is 1. The maximum Gasteiger partial charge on any atom is 0.269 e. The van der Waals surface area contributed by atoms with Crippen molar-refractivity contribution in [3.8, 4) is 11.5 Å². The van der Waals surface area contributed by atoms with E-state index in [-0.39, 0.29) is 24.2 Å². The summed E-state index contributed by atoms with van der Waals surface area (Å²) >= 11 is 0. The van der Waals surface area contributed by atoms with Crippen LogP contribution in [0.1, 0.15) is 24.1 Å². The van der Waals surface area contributed by atoms with Crippen LogP contribution in [0.3, 0.4) is 0 Å². The number of hydrogen-bond acceptors (Lipinski definition) is 6. The predicted octanol–water partition coefficient (Wildman–Crippen LogP) is 2.96. The summed E-state index contributed by atoms with van der Waals surface area (Å²) in [5.41, 5.74) is 1.86. The second-order valence-corrected chi connectivity index (χ2v) is 6.73. The molecule has 0 aromatic heterocycles. The van der Waals surface area contributed by atoms with Crippen molar-refractivity contribution in [1.29, 1.82) is 0 Å². The average molecular weight is 401 g/mol. The highest BCUT2D eigenvalue weighted by atomic mass is 16.6. The summed E-state index contributed by atoms with van der Waals surface area (Å²) in [4.78, 5) is 24.7. The monoisotopic (exact) mass is 401 g/mol. The van der Waals surface area contributed by atoms with E-state index in [2.05, 4.69) is 5.32 Å². The molecule has 1 amide bonds. The maximum atomic E-state index is 12.3. The Morgan fingerprint density at radius 2 is 1.90 bits per heavy atom. The zero-order chi connectivity index (χ0) is 21.4. The van der Waals surface area contributed by atoms with Gasteiger partial charge >= 0.3 is 0 Å². The molecule has 156 valence electrons. The first-order chi connectivity index (χ1) is 13.8. The van der Waals surface area contributed by atoms with E-state index in [4.69, 9.17) is 9.47 Å². The molecule has 0 radical (unpaired) electrons. The van der Waals surface area contributed by atoms with E-state index in [0.29, 0.717) is 24.5 Å². The van der Waals surface area contributed by atoms with Gasteiger partial charge in [-0.15, -0.1) is 0 Å². The quantitative estimate of drug-likeness (QED) is 0.486. The minimum absolute atomic E-state index is 0.0436. The third kappa shape index (κ3) is 6.18. The first kappa shape index (κ1) is 22.2. The average Bonchev–Trinajstić information content (AvgIpc) is 2.72. The molecular formula is C21H27N3O5. The number of ether oxygens (including phenoxy) is 2. The van der Waals surface area contributed by atoms with Crippen molar-refractivity contribution >= 4 is 11.6 Å². The molecule has 0 heterocycles. The highest BCUT2D eigenvalue weighted by molar-refractivity contribution is 5.78. The smallest absolute Gasteiger partial charge is 0.269 e. The molecule has 0 aliphatic rings. The van der Waals surface area contributed by atoms with E-state index < -0.39 is 4.92 Å². The van der Waals surface area contributed by atoms with Crippen molar-refractivity contribution in [3.63, 3.8) is 0 Å². The molecule has 0 fully saturated rings. The van der Waals surface area contributed by atoms with Crippen LogP contribution in [0.4, 0.5) is 5.69 Å². The Balaban J connectivity index is 1.85. The van der Waals surface area contributed by atoms with Gasteiger partial charge in [0.25, 0.3) is 5.69 Å². The molecule has 2 aromatic carbocycles. The first-order valence-corrected chi connectivity index (χ1v) is 9.28. The molecule has 8 nitrogen and oxygen atoms in total. The molecule has 29 heavy (non-hydrogen) atoms. The second-order valence-electron chi connectivity index (χ2n) is 6.73. The molecule has 1 N–H and O–H groups in total. The van der Waals surface area contributed by atoms with Crippen LogP contribution in [0, 0.1) is 10.1 Å². The van der Waals surface area contributed by atoms with Crippen LogP contribution in [-0.2, 0) is 11.2 Å². The summed E-state index contributed by atoms with van der Waals surface area (Å²) in [6.45, 7) is 2.60. The van der Waals surface area contributed by atoms with Gasteiger partial charge in [0.2, 0.25) is 5.91 Å². The second kappa shape index (κ2) is 10.4. The van der Waals surface area contributed by atoms with Gasteiger partial charge < -0.3 is 14.8 Å². The fraction of sp³-hybridized carbons (Fsp3) is 0.381. The molecule has 0 saturated carbocycles. The fourth-order valence-electron chi connectivity index (χ4n) is 2.95. The fourth-order valence-corrected chi connectivity index (χ4v) is 2.95. The van der Waals surface area contributed by atoms with E-state index >= 15 is 0 Å². The lowest BCUT2D eigenvalue weighted by Crippen LogP contribution is -2.37. The number of likely N-dealkylation sites (N-methyl/N-ethyl adjacent to an activating group) is 1. The van der Waals surface area contributed by atoms with Crippen LogP contribution >= 0.6 is 0 Å². The lowest BCUT2D eigenvalue weighted by molar-refractivity contribution is -0.384. The van der Waals surface area contributed by atoms with Gasteiger partial charge in [-0.25, -0.2) is 0 Å². The van der Waals surface area contributed by atoms with Crippen molar-refractivity contribution in [2.24, 2.45) is 0 Å². The van der Waals surface area contributed by atoms with Crippen molar-refractivity contribution < 1.29 is 19.2 Å². The van der Waals surface area contributed by atoms with Gasteiger partial charge in [0, 0.05) is 24.7 Å². The lowest BCUT2D eigenvalue weighted by Gasteiger charge is -2.24. The summed E-state index contributed by atoms with van der Waals surface area (Å²) in [7, 11) is 4.99. The standard InChI is InChI=1S/C21H27N3O5/c1-15(17-6-5-7-18(13-17)24(26)27)23(2)14-21(25)22-11-10-16-8-9-19(28-3)20(12-16)29-4/h5-9,12-13,15H,10-11,14H2,1-4H3,(H,22,25). The number of nitrogens with one attached hydrogen (secondary N) is 1. The van der Waals surface area contributed by atoms with Gasteiger partial charge in [-0.1, -0.05) is 18.2 Å². The number of methoxy groups -OCH3 is 2. The summed E-state index contributed by atoms with van der Waals surface area (Å²) in [6, 6.07) is 12.0. The van der Waals surface area contributed by atoms with Crippen molar-refractivity contribution in [1.82, 2.24) is 10.2 Å². The molecule has 0 saturated heterocycles. The van der Waals surface area contributed by atoms with Gasteiger partial charge in [-0.2, -0.15) is 0 Å². The number of rotatable bonds is 10. The van der Waals surface area contributed by atoms with Gasteiger partial charge in [0.1, 0.15) is 0 Å². The van der Waals surface area contributed by atoms with E-state index in [1.807, 2.05) is 43.1 Å². The predicted molar refractivity (Wildman–Crippen MR) is 110 cm³/mol. The topological polar surface area (TPSA) is 93.9 Å². The highest BCUT2D eigenvalue weighted by Gasteiger charge is 2.17. The Bertz CT molecular complexity index is 856. The number of nitrogens with zero attached hydrogens (tertiary/aromatic N) is 2. The zero-order valence-electron chi connectivity index (χ0n) is 17.2. The Morgan fingerprint density at radius 3 is 2.55 bits per heavy atom. The summed E-state index contributed by atoms with van der Waals surface area (Å²) in [5.74, 6) is 1.21. The molecule has 0 aliphatic carbocycles. The Kier molecular flexibility index (Phi) is 7.97. The van der Waals surface area contributed by atoms with Crippen LogP contribution in [0.15, 0.2) is 42.5 Å². The van der Waals surface area contributed by atoms with E-state index in [1.165, 1.54) is 12.1 Å². The Morgan fingerprint density at radius 1 is 1.17 bits per heavy atom. The Labute approximate surface area is 170 Å². The highest BCUT2D eigenvalue weighted by Crippen LogP contribution is 2.27. The number of amides is 1. The first-order valence-electron chi connectivity index (χ1n) is 9.28. The molecule has 8 heteroatoms. The van der Waals surface area contributed by atoms with Gasteiger partial charge in [-0.05, 0) is 43.7 Å². The molecule has 0 aliphatic heterocycles. The summed E-state index contributed by atoms with van der Waals surface area (Å²) in [5, 5.41) is 13.9.